The molecule has 2 unspecified atom stereocenters. The van der Waals surface area contributed by atoms with Crippen molar-refractivity contribution in [1.82, 2.24) is 10.2 Å². The van der Waals surface area contributed by atoms with Gasteiger partial charge in [-0.15, -0.1) is 0 Å². The van der Waals surface area contributed by atoms with Gasteiger partial charge < -0.3 is 11.1 Å². The van der Waals surface area contributed by atoms with Gasteiger partial charge in [0.05, 0.1) is 6.54 Å². The summed E-state index contributed by atoms with van der Waals surface area (Å²) in [6.45, 7) is 6.21. The summed E-state index contributed by atoms with van der Waals surface area (Å²) in [7, 11) is 2.05. The number of nitrogens with zero attached hydrogens (tertiary/aromatic N) is 1. The van der Waals surface area contributed by atoms with E-state index in [1.165, 1.54) is 25.7 Å². The van der Waals surface area contributed by atoms with Crippen molar-refractivity contribution in [3.63, 3.8) is 0 Å². The van der Waals surface area contributed by atoms with E-state index in [1.807, 2.05) is 7.05 Å². The number of amides is 1. The molecule has 0 heterocycles. The third-order valence-electron chi connectivity index (χ3n) is 3.84. The fourth-order valence-corrected chi connectivity index (χ4v) is 2.76. The van der Waals surface area contributed by atoms with E-state index in [-0.39, 0.29) is 5.91 Å². The summed E-state index contributed by atoms with van der Waals surface area (Å²) in [5, 5.41) is 2.97. The zero-order chi connectivity index (χ0) is 13.5. The SMILES string of the molecule is CC(C)CNC(=O)CN(C)C1CCCCC1CN. The maximum atomic E-state index is 11.8. The molecule has 4 heteroatoms. The quantitative estimate of drug-likeness (QED) is 0.750. The Balaban J connectivity index is 2.38. The van der Waals surface area contributed by atoms with Crippen LogP contribution in [0.3, 0.4) is 0 Å². The van der Waals surface area contributed by atoms with Crippen LogP contribution in [0.25, 0.3) is 0 Å². The number of nitrogens with two attached hydrogens (primary N) is 1. The Kier molecular flexibility index (Phi) is 6.65. The van der Waals surface area contributed by atoms with Crippen LogP contribution in [0.15, 0.2) is 0 Å². The Morgan fingerprint density at radius 3 is 2.67 bits per heavy atom. The maximum absolute atomic E-state index is 11.8. The monoisotopic (exact) mass is 255 g/mol. The molecule has 1 rings (SSSR count). The summed E-state index contributed by atoms with van der Waals surface area (Å²) in [6, 6.07) is 0.480. The second kappa shape index (κ2) is 7.74. The van der Waals surface area contributed by atoms with E-state index in [1.54, 1.807) is 0 Å². The van der Waals surface area contributed by atoms with Crippen LogP contribution in [0.4, 0.5) is 0 Å². The van der Waals surface area contributed by atoms with Gasteiger partial charge in [0, 0.05) is 12.6 Å². The molecular formula is C14H29N3O. The molecule has 2 atom stereocenters. The first-order chi connectivity index (χ1) is 8.54. The average Bonchev–Trinajstić information content (AvgIpc) is 2.36. The number of carbonyl (C=O) groups is 1. The van der Waals surface area contributed by atoms with E-state index in [0.29, 0.717) is 24.4 Å². The van der Waals surface area contributed by atoms with Gasteiger partial charge in [0.15, 0.2) is 0 Å². The summed E-state index contributed by atoms with van der Waals surface area (Å²) in [4.78, 5) is 14.0. The molecule has 0 aromatic heterocycles. The second-order valence-corrected chi connectivity index (χ2v) is 5.96. The van der Waals surface area contributed by atoms with Gasteiger partial charge in [-0.25, -0.2) is 0 Å². The molecule has 1 fully saturated rings. The number of hydrogen-bond acceptors (Lipinski definition) is 3. The third-order valence-corrected chi connectivity index (χ3v) is 3.84. The molecule has 0 aliphatic heterocycles. The summed E-state index contributed by atoms with van der Waals surface area (Å²) >= 11 is 0. The zero-order valence-corrected chi connectivity index (χ0v) is 12.1. The number of hydrogen-bond donors (Lipinski definition) is 2. The average molecular weight is 255 g/mol. The molecule has 0 aromatic carbocycles. The smallest absolute Gasteiger partial charge is 0.234 e. The van der Waals surface area contributed by atoms with E-state index < -0.39 is 0 Å². The topological polar surface area (TPSA) is 58.4 Å². The first kappa shape index (κ1) is 15.4. The van der Waals surface area contributed by atoms with Gasteiger partial charge in [-0.1, -0.05) is 26.7 Å². The summed E-state index contributed by atoms with van der Waals surface area (Å²) in [6.07, 6.45) is 4.93. The minimum absolute atomic E-state index is 0.132. The van der Waals surface area contributed by atoms with Crippen LogP contribution >= 0.6 is 0 Å². The molecule has 0 aromatic rings. The molecule has 0 saturated heterocycles. The molecule has 1 saturated carbocycles. The lowest BCUT2D eigenvalue weighted by atomic mass is 9.84. The number of rotatable bonds is 6. The van der Waals surface area contributed by atoms with Crippen LogP contribution in [-0.2, 0) is 4.79 Å². The van der Waals surface area contributed by atoms with Crippen LogP contribution in [-0.4, -0.2) is 43.5 Å². The molecule has 0 spiro atoms. The highest BCUT2D eigenvalue weighted by atomic mass is 16.2. The van der Waals surface area contributed by atoms with Crippen LogP contribution in [0.1, 0.15) is 39.5 Å². The van der Waals surface area contributed by atoms with Gasteiger partial charge in [0.25, 0.3) is 0 Å². The van der Waals surface area contributed by atoms with Crippen LogP contribution in [0, 0.1) is 11.8 Å². The van der Waals surface area contributed by atoms with Gasteiger partial charge in [0.1, 0.15) is 0 Å². The van der Waals surface area contributed by atoms with Gasteiger partial charge >= 0.3 is 0 Å². The lowest BCUT2D eigenvalue weighted by Gasteiger charge is -2.37. The Morgan fingerprint density at radius 1 is 1.39 bits per heavy atom. The Labute approximate surface area is 111 Å². The fourth-order valence-electron chi connectivity index (χ4n) is 2.76. The van der Waals surface area contributed by atoms with Crippen molar-refractivity contribution in [2.24, 2.45) is 17.6 Å². The van der Waals surface area contributed by atoms with Gasteiger partial charge in [0.2, 0.25) is 5.91 Å². The molecule has 106 valence electrons. The summed E-state index contributed by atoms with van der Waals surface area (Å²) < 4.78 is 0. The Bertz CT molecular complexity index is 255. The largest absolute Gasteiger partial charge is 0.355 e. The first-order valence-electron chi connectivity index (χ1n) is 7.21. The van der Waals surface area contributed by atoms with Crippen molar-refractivity contribution in [3.05, 3.63) is 0 Å². The van der Waals surface area contributed by atoms with Crippen LogP contribution in [0.5, 0.6) is 0 Å². The molecule has 0 radical (unpaired) electrons. The number of nitrogens with one attached hydrogen (secondary N) is 1. The van der Waals surface area contributed by atoms with E-state index in [0.717, 1.165) is 13.1 Å². The predicted molar refractivity (Wildman–Crippen MR) is 75.3 cm³/mol. The first-order valence-corrected chi connectivity index (χ1v) is 7.21. The van der Waals surface area contributed by atoms with E-state index in [2.05, 4.69) is 24.1 Å². The lowest BCUT2D eigenvalue weighted by molar-refractivity contribution is -0.123. The van der Waals surface area contributed by atoms with Crippen molar-refractivity contribution >= 4 is 5.91 Å². The molecule has 3 N–H and O–H groups in total. The minimum Gasteiger partial charge on any atom is -0.355 e. The molecule has 1 amide bonds. The van der Waals surface area contributed by atoms with Gasteiger partial charge in [-0.3, -0.25) is 9.69 Å². The van der Waals surface area contributed by atoms with Crippen molar-refractivity contribution in [1.29, 1.82) is 0 Å². The molecule has 1 aliphatic carbocycles. The summed E-state index contributed by atoms with van der Waals surface area (Å²) in [5.41, 5.74) is 5.83. The van der Waals surface area contributed by atoms with Crippen molar-refractivity contribution < 1.29 is 4.79 Å². The summed E-state index contributed by atoms with van der Waals surface area (Å²) in [5.74, 6) is 1.19. The fraction of sp³-hybridized carbons (Fsp3) is 0.929. The molecule has 0 bridgehead atoms. The Hall–Kier alpha value is -0.610. The van der Waals surface area contributed by atoms with Crippen LogP contribution in [0.2, 0.25) is 0 Å². The van der Waals surface area contributed by atoms with E-state index >= 15 is 0 Å². The number of likely N-dealkylation sites (N-methyl/N-ethyl adjacent to an activating group) is 1. The predicted octanol–water partition coefficient (Wildman–Crippen LogP) is 1.21. The molecule has 18 heavy (non-hydrogen) atoms. The highest BCUT2D eigenvalue weighted by Gasteiger charge is 2.27. The second-order valence-electron chi connectivity index (χ2n) is 5.96. The standard InChI is InChI=1S/C14H29N3O/c1-11(2)9-16-14(18)10-17(3)13-7-5-4-6-12(13)8-15/h11-13H,4-10,15H2,1-3H3,(H,16,18). The van der Waals surface area contributed by atoms with Gasteiger partial charge in [-0.05, 0) is 38.3 Å². The third kappa shape index (κ3) is 4.94. The normalized spacial score (nSPS) is 24.6. The van der Waals surface area contributed by atoms with E-state index in [4.69, 9.17) is 5.73 Å². The molecule has 1 aliphatic rings. The van der Waals surface area contributed by atoms with Crippen molar-refractivity contribution in [2.75, 3.05) is 26.7 Å². The molecular weight excluding hydrogens is 226 g/mol. The highest BCUT2D eigenvalue weighted by molar-refractivity contribution is 5.78. The molecule has 4 nitrogen and oxygen atoms in total. The lowest BCUT2D eigenvalue weighted by Crippen LogP contribution is -2.47. The van der Waals surface area contributed by atoms with Gasteiger partial charge in [-0.2, -0.15) is 0 Å². The van der Waals surface area contributed by atoms with E-state index in [9.17, 15) is 4.79 Å². The minimum atomic E-state index is 0.132. The number of carbonyl (C=O) groups excluding carboxylic acids is 1. The zero-order valence-electron chi connectivity index (χ0n) is 12.1. The van der Waals surface area contributed by atoms with Crippen molar-refractivity contribution in [2.45, 2.75) is 45.6 Å². The highest BCUT2D eigenvalue weighted by Crippen LogP contribution is 2.26. The van der Waals surface area contributed by atoms with Crippen LogP contribution < -0.4 is 11.1 Å². The van der Waals surface area contributed by atoms with Crippen molar-refractivity contribution in [3.8, 4) is 0 Å². The Morgan fingerprint density at radius 2 is 2.06 bits per heavy atom. The maximum Gasteiger partial charge on any atom is 0.234 e.